The van der Waals surface area contributed by atoms with Crippen molar-refractivity contribution >= 4 is 55.8 Å². The summed E-state index contributed by atoms with van der Waals surface area (Å²) < 4.78 is 1.75. The van der Waals surface area contributed by atoms with E-state index in [0.717, 1.165) is 20.1 Å². The summed E-state index contributed by atoms with van der Waals surface area (Å²) in [5, 5.41) is 21.7. The molecule has 0 saturated heterocycles. The fourth-order valence-electron chi connectivity index (χ4n) is 1.97. The van der Waals surface area contributed by atoms with Crippen LogP contribution in [0.15, 0.2) is 57.3 Å². The zero-order valence-electron chi connectivity index (χ0n) is 13.1. The van der Waals surface area contributed by atoms with Crippen molar-refractivity contribution < 1.29 is 9.72 Å². The monoisotopic (exact) mass is 450 g/mol. The zero-order valence-corrected chi connectivity index (χ0v) is 16.3. The first kappa shape index (κ1) is 18.5. The Morgan fingerprint density at radius 1 is 1.23 bits per heavy atom. The molecule has 0 saturated carbocycles. The van der Waals surface area contributed by atoms with Crippen molar-refractivity contribution in [1.82, 2.24) is 10.2 Å². The molecule has 2 aromatic carbocycles. The molecule has 0 aliphatic rings. The van der Waals surface area contributed by atoms with Gasteiger partial charge in [-0.05, 0) is 23.8 Å². The number of benzene rings is 2. The van der Waals surface area contributed by atoms with Gasteiger partial charge in [-0.25, -0.2) is 0 Å². The summed E-state index contributed by atoms with van der Waals surface area (Å²) in [4.78, 5) is 22.5. The van der Waals surface area contributed by atoms with Crippen LogP contribution in [0.25, 0.3) is 0 Å². The molecule has 3 aromatic rings. The topological polar surface area (TPSA) is 98.0 Å². The number of amides is 1. The summed E-state index contributed by atoms with van der Waals surface area (Å²) in [6.45, 7) is 0. The van der Waals surface area contributed by atoms with Crippen LogP contribution in [-0.2, 0) is 5.75 Å². The van der Waals surface area contributed by atoms with Crippen LogP contribution >= 0.6 is 39.0 Å². The van der Waals surface area contributed by atoms with Gasteiger partial charge in [-0.1, -0.05) is 57.2 Å². The van der Waals surface area contributed by atoms with Gasteiger partial charge in [-0.3, -0.25) is 20.2 Å². The fraction of sp³-hybridized carbons (Fsp3) is 0.0625. The Labute approximate surface area is 165 Å². The largest absolute Gasteiger partial charge is 0.296 e. The number of carbonyl (C=O) groups excluding carboxylic acids is 1. The predicted octanol–water partition coefficient (Wildman–Crippen LogP) is 4.75. The molecule has 7 nitrogen and oxygen atoms in total. The lowest BCUT2D eigenvalue weighted by Crippen LogP contribution is -2.11. The van der Waals surface area contributed by atoms with Gasteiger partial charge < -0.3 is 0 Å². The van der Waals surface area contributed by atoms with Gasteiger partial charge in [0.1, 0.15) is 0 Å². The standard InChI is InChI=1S/C16H11BrN4O3S2/c17-12-6-4-10(5-7-12)9-25-16-20-19-15(26-16)18-14(22)11-2-1-3-13(8-11)21(23)24/h1-8H,9H2,(H,18,19,22). The molecule has 0 unspecified atom stereocenters. The quantitative estimate of drug-likeness (QED) is 0.251. The van der Waals surface area contributed by atoms with Gasteiger partial charge in [0.2, 0.25) is 5.13 Å². The second kappa shape index (κ2) is 8.39. The Bertz CT molecular complexity index is 947. The number of halogens is 1. The summed E-state index contributed by atoms with van der Waals surface area (Å²) in [5.41, 5.74) is 1.20. The number of aromatic nitrogens is 2. The molecule has 0 radical (unpaired) electrons. The average molecular weight is 451 g/mol. The summed E-state index contributed by atoms with van der Waals surface area (Å²) in [6.07, 6.45) is 0. The Morgan fingerprint density at radius 3 is 2.73 bits per heavy atom. The third-order valence-electron chi connectivity index (χ3n) is 3.22. The lowest BCUT2D eigenvalue weighted by molar-refractivity contribution is -0.384. The molecule has 3 rings (SSSR count). The third kappa shape index (κ3) is 4.87. The molecule has 1 aromatic heterocycles. The molecule has 132 valence electrons. The maximum Gasteiger partial charge on any atom is 0.270 e. The highest BCUT2D eigenvalue weighted by atomic mass is 79.9. The van der Waals surface area contributed by atoms with Gasteiger partial charge in [0.15, 0.2) is 4.34 Å². The van der Waals surface area contributed by atoms with E-state index in [9.17, 15) is 14.9 Å². The first-order valence-electron chi connectivity index (χ1n) is 7.28. The van der Waals surface area contributed by atoms with Crippen molar-refractivity contribution in [3.8, 4) is 0 Å². The molecule has 1 amide bonds. The maximum atomic E-state index is 12.2. The molecule has 0 fully saturated rings. The number of hydrogen-bond donors (Lipinski definition) is 1. The molecule has 0 spiro atoms. The number of hydrogen-bond acceptors (Lipinski definition) is 7. The van der Waals surface area contributed by atoms with E-state index in [1.54, 1.807) is 0 Å². The number of nitrogens with zero attached hydrogens (tertiary/aromatic N) is 3. The minimum atomic E-state index is -0.543. The van der Waals surface area contributed by atoms with E-state index in [2.05, 4.69) is 31.4 Å². The Balaban J connectivity index is 1.61. The van der Waals surface area contributed by atoms with Gasteiger partial charge in [-0.15, -0.1) is 10.2 Å². The first-order chi connectivity index (χ1) is 12.5. The van der Waals surface area contributed by atoms with Crippen LogP contribution in [-0.4, -0.2) is 21.0 Å². The first-order valence-corrected chi connectivity index (χ1v) is 9.87. The Hall–Kier alpha value is -2.30. The van der Waals surface area contributed by atoms with E-state index in [1.165, 1.54) is 47.4 Å². The summed E-state index contributed by atoms with van der Waals surface area (Å²) in [5.74, 6) is 0.273. The maximum absolute atomic E-state index is 12.2. The number of thioether (sulfide) groups is 1. The van der Waals surface area contributed by atoms with Gasteiger partial charge in [-0.2, -0.15) is 0 Å². The van der Waals surface area contributed by atoms with Crippen molar-refractivity contribution in [3.05, 3.63) is 74.2 Å². The van der Waals surface area contributed by atoms with Crippen LogP contribution in [0.1, 0.15) is 15.9 Å². The number of non-ortho nitro benzene ring substituents is 1. The number of nitrogens with one attached hydrogen (secondary N) is 1. The van der Waals surface area contributed by atoms with E-state index >= 15 is 0 Å². The van der Waals surface area contributed by atoms with Gasteiger partial charge in [0.25, 0.3) is 11.6 Å². The second-order valence-corrected chi connectivity index (χ2v) is 8.17. The van der Waals surface area contributed by atoms with E-state index in [1.807, 2.05) is 24.3 Å². The van der Waals surface area contributed by atoms with Crippen LogP contribution < -0.4 is 5.32 Å². The van der Waals surface area contributed by atoms with Crippen molar-refractivity contribution in [2.45, 2.75) is 10.1 Å². The highest BCUT2D eigenvalue weighted by molar-refractivity contribution is 9.10. The number of rotatable bonds is 6. The minimum absolute atomic E-state index is 0.138. The van der Waals surface area contributed by atoms with Crippen LogP contribution in [0, 0.1) is 10.1 Å². The fourth-order valence-corrected chi connectivity index (χ4v) is 3.94. The van der Waals surface area contributed by atoms with Crippen LogP contribution in [0.3, 0.4) is 0 Å². The summed E-state index contributed by atoms with van der Waals surface area (Å²) in [7, 11) is 0. The third-order valence-corrected chi connectivity index (χ3v) is 5.79. The Kier molecular flexibility index (Phi) is 5.96. The number of carbonyl (C=O) groups is 1. The van der Waals surface area contributed by atoms with Gasteiger partial charge >= 0.3 is 0 Å². The molecular weight excluding hydrogens is 440 g/mol. The highest BCUT2D eigenvalue weighted by Crippen LogP contribution is 2.29. The van der Waals surface area contributed by atoms with Crippen LogP contribution in [0.5, 0.6) is 0 Å². The predicted molar refractivity (Wildman–Crippen MR) is 105 cm³/mol. The Morgan fingerprint density at radius 2 is 2.00 bits per heavy atom. The molecule has 1 N–H and O–H groups in total. The molecule has 0 atom stereocenters. The van der Waals surface area contributed by atoms with Gasteiger partial charge in [0.05, 0.1) is 4.92 Å². The number of nitro benzene ring substituents is 1. The number of anilines is 1. The molecule has 0 bridgehead atoms. The van der Waals surface area contributed by atoms with Gasteiger partial charge in [0, 0.05) is 27.9 Å². The molecule has 0 aliphatic carbocycles. The minimum Gasteiger partial charge on any atom is -0.296 e. The molecule has 26 heavy (non-hydrogen) atoms. The summed E-state index contributed by atoms with van der Waals surface area (Å²) in [6, 6.07) is 13.5. The van der Waals surface area contributed by atoms with Crippen molar-refractivity contribution in [3.63, 3.8) is 0 Å². The van der Waals surface area contributed by atoms with E-state index in [4.69, 9.17) is 0 Å². The van der Waals surface area contributed by atoms with Crippen molar-refractivity contribution in [2.24, 2.45) is 0 Å². The normalized spacial score (nSPS) is 10.5. The van der Waals surface area contributed by atoms with Crippen molar-refractivity contribution in [1.29, 1.82) is 0 Å². The number of nitro groups is 1. The van der Waals surface area contributed by atoms with Crippen LogP contribution in [0.4, 0.5) is 10.8 Å². The van der Waals surface area contributed by atoms with Crippen molar-refractivity contribution in [2.75, 3.05) is 5.32 Å². The van der Waals surface area contributed by atoms with E-state index < -0.39 is 10.8 Å². The zero-order chi connectivity index (χ0) is 18.5. The smallest absolute Gasteiger partial charge is 0.270 e. The summed E-state index contributed by atoms with van der Waals surface area (Å²) >= 11 is 6.17. The second-order valence-electron chi connectivity index (χ2n) is 5.05. The lowest BCUT2D eigenvalue weighted by atomic mass is 10.2. The van der Waals surface area contributed by atoms with E-state index in [-0.39, 0.29) is 11.3 Å². The highest BCUT2D eigenvalue weighted by Gasteiger charge is 2.14. The van der Waals surface area contributed by atoms with Crippen LogP contribution in [0.2, 0.25) is 0 Å². The molecular formula is C16H11BrN4O3S2. The molecule has 1 heterocycles. The molecule has 0 aliphatic heterocycles. The SMILES string of the molecule is O=C(Nc1nnc(SCc2ccc(Br)cc2)s1)c1cccc([N+](=O)[O-])c1. The van der Waals surface area contributed by atoms with E-state index in [0.29, 0.717) is 5.13 Å². The average Bonchev–Trinajstić information content (AvgIpc) is 3.08. The lowest BCUT2D eigenvalue weighted by Gasteiger charge is -2.01. The molecule has 10 heteroatoms.